The predicted octanol–water partition coefficient (Wildman–Crippen LogP) is 2.64. The summed E-state index contributed by atoms with van der Waals surface area (Å²) in [6.45, 7) is 2.05. The van der Waals surface area contributed by atoms with Crippen molar-refractivity contribution in [1.82, 2.24) is 0 Å². The van der Waals surface area contributed by atoms with E-state index in [1.807, 2.05) is 19.1 Å². The Kier molecular flexibility index (Phi) is 3.87. The van der Waals surface area contributed by atoms with Crippen LogP contribution in [0.2, 0.25) is 0 Å². The molecular weight excluding hydrogens is 174 g/mol. The van der Waals surface area contributed by atoms with E-state index in [1.165, 1.54) is 0 Å². The predicted molar refractivity (Wildman–Crippen MR) is 54.9 cm³/mol. The third-order valence-corrected chi connectivity index (χ3v) is 2.21. The lowest BCUT2D eigenvalue weighted by Crippen LogP contribution is -1.99. The summed E-state index contributed by atoms with van der Waals surface area (Å²) in [4.78, 5) is 10.8. The highest BCUT2D eigenvalue weighted by atomic mass is 16.1. The lowest BCUT2D eigenvalue weighted by atomic mass is 9.95. The van der Waals surface area contributed by atoms with E-state index in [1.54, 1.807) is 12.1 Å². The summed E-state index contributed by atoms with van der Waals surface area (Å²) < 4.78 is 0. The first-order valence-corrected chi connectivity index (χ1v) is 4.77. The van der Waals surface area contributed by atoms with Crippen molar-refractivity contribution >= 4 is 6.29 Å². The summed E-state index contributed by atoms with van der Waals surface area (Å²) in [6.07, 6.45) is 2.78. The fourth-order valence-corrected chi connectivity index (χ4v) is 1.46. The van der Waals surface area contributed by atoms with Crippen LogP contribution in [-0.4, -0.2) is 6.29 Å². The van der Waals surface area contributed by atoms with Crippen molar-refractivity contribution in [2.24, 2.45) is 0 Å². The van der Waals surface area contributed by atoms with E-state index in [4.69, 9.17) is 5.26 Å². The van der Waals surface area contributed by atoms with Crippen molar-refractivity contribution in [3.8, 4) is 6.07 Å². The minimum absolute atomic E-state index is 0.0618. The number of rotatable bonds is 4. The van der Waals surface area contributed by atoms with Crippen LogP contribution >= 0.6 is 0 Å². The molecule has 0 saturated heterocycles. The van der Waals surface area contributed by atoms with E-state index >= 15 is 0 Å². The highest BCUT2D eigenvalue weighted by molar-refractivity contribution is 5.62. The van der Waals surface area contributed by atoms with Gasteiger partial charge in [0.1, 0.15) is 6.29 Å². The van der Waals surface area contributed by atoms with Crippen LogP contribution < -0.4 is 0 Å². The van der Waals surface area contributed by atoms with Gasteiger partial charge in [-0.05, 0) is 24.1 Å². The zero-order valence-corrected chi connectivity index (χ0v) is 8.23. The maximum absolute atomic E-state index is 10.8. The Morgan fingerprint density at radius 3 is 2.93 bits per heavy atom. The molecule has 0 bridgehead atoms. The number of nitrogens with zero attached hydrogens (tertiary/aromatic N) is 1. The first-order chi connectivity index (χ1) is 6.81. The summed E-state index contributed by atoms with van der Waals surface area (Å²) in [5.74, 6) is -0.0618. The van der Waals surface area contributed by atoms with Gasteiger partial charge >= 0.3 is 0 Å². The Morgan fingerprint density at radius 2 is 2.36 bits per heavy atom. The van der Waals surface area contributed by atoms with Gasteiger partial charge in [-0.1, -0.05) is 25.5 Å². The second-order valence-corrected chi connectivity index (χ2v) is 3.27. The summed E-state index contributed by atoms with van der Waals surface area (Å²) in [5.41, 5.74) is 1.56. The molecule has 0 aliphatic heterocycles. The largest absolute Gasteiger partial charge is 0.303 e. The Labute approximate surface area is 84.2 Å². The van der Waals surface area contributed by atoms with Gasteiger partial charge in [-0.3, -0.25) is 0 Å². The topological polar surface area (TPSA) is 40.9 Å². The molecule has 0 spiro atoms. The maximum atomic E-state index is 10.8. The molecule has 14 heavy (non-hydrogen) atoms. The zero-order valence-electron chi connectivity index (χ0n) is 8.23. The molecule has 1 aromatic rings. The molecule has 2 heteroatoms. The highest BCUT2D eigenvalue weighted by Gasteiger charge is 2.09. The van der Waals surface area contributed by atoms with Gasteiger partial charge in [0.2, 0.25) is 0 Å². The first-order valence-electron chi connectivity index (χ1n) is 4.77. The number of carbonyl (C=O) groups excluding carboxylic acids is 1. The average molecular weight is 187 g/mol. The quantitative estimate of drug-likeness (QED) is 0.680. The van der Waals surface area contributed by atoms with E-state index in [2.05, 4.69) is 6.07 Å². The molecule has 0 aliphatic carbocycles. The number of hydrogen-bond acceptors (Lipinski definition) is 2. The summed E-state index contributed by atoms with van der Waals surface area (Å²) in [6, 6.07) is 9.32. The fourth-order valence-electron chi connectivity index (χ4n) is 1.46. The van der Waals surface area contributed by atoms with Gasteiger partial charge in [0.25, 0.3) is 0 Å². The van der Waals surface area contributed by atoms with Crippen molar-refractivity contribution in [2.75, 3.05) is 0 Å². The van der Waals surface area contributed by atoms with Crippen LogP contribution in [0.4, 0.5) is 0 Å². The SMILES string of the molecule is CCCC(C=O)c1cccc(C#N)c1. The van der Waals surface area contributed by atoms with Crippen LogP contribution in [0.5, 0.6) is 0 Å². The van der Waals surface area contributed by atoms with Gasteiger partial charge in [-0.2, -0.15) is 5.26 Å². The van der Waals surface area contributed by atoms with Crippen LogP contribution in [-0.2, 0) is 4.79 Å². The van der Waals surface area contributed by atoms with E-state index in [0.717, 1.165) is 24.7 Å². The summed E-state index contributed by atoms with van der Waals surface area (Å²) in [5, 5.41) is 8.71. The third kappa shape index (κ3) is 2.43. The van der Waals surface area contributed by atoms with Gasteiger partial charge in [0.15, 0.2) is 0 Å². The van der Waals surface area contributed by atoms with Crippen LogP contribution in [0, 0.1) is 11.3 Å². The minimum atomic E-state index is -0.0618. The molecule has 0 N–H and O–H groups in total. The van der Waals surface area contributed by atoms with E-state index in [-0.39, 0.29) is 5.92 Å². The van der Waals surface area contributed by atoms with Crippen molar-refractivity contribution in [1.29, 1.82) is 5.26 Å². The van der Waals surface area contributed by atoms with Gasteiger partial charge in [-0.25, -0.2) is 0 Å². The minimum Gasteiger partial charge on any atom is -0.303 e. The van der Waals surface area contributed by atoms with Crippen molar-refractivity contribution in [3.63, 3.8) is 0 Å². The molecular formula is C12H13NO. The zero-order chi connectivity index (χ0) is 10.4. The molecule has 0 aliphatic rings. The van der Waals surface area contributed by atoms with Crippen LogP contribution in [0.25, 0.3) is 0 Å². The Bertz CT molecular complexity index is 352. The summed E-state index contributed by atoms with van der Waals surface area (Å²) in [7, 11) is 0. The van der Waals surface area contributed by atoms with Crippen LogP contribution in [0.1, 0.15) is 36.8 Å². The van der Waals surface area contributed by atoms with E-state index in [0.29, 0.717) is 5.56 Å². The van der Waals surface area contributed by atoms with Gasteiger partial charge < -0.3 is 4.79 Å². The number of carbonyl (C=O) groups is 1. The van der Waals surface area contributed by atoms with Crippen LogP contribution in [0.3, 0.4) is 0 Å². The molecule has 0 aromatic heterocycles. The van der Waals surface area contributed by atoms with Crippen molar-refractivity contribution < 1.29 is 4.79 Å². The summed E-state index contributed by atoms with van der Waals surface area (Å²) >= 11 is 0. The molecule has 1 unspecified atom stereocenters. The molecule has 1 aromatic carbocycles. The second-order valence-electron chi connectivity index (χ2n) is 3.27. The number of nitriles is 1. The normalized spacial score (nSPS) is 11.7. The Hall–Kier alpha value is -1.62. The van der Waals surface area contributed by atoms with E-state index in [9.17, 15) is 4.79 Å². The van der Waals surface area contributed by atoms with Gasteiger partial charge in [0.05, 0.1) is 11.6 Å². The van der Waals surface area contributed by atoms with Crippen LogP contribution in [0.15, 0.2) is 24.3 Å². The molecule has 0 radical (unpaired) electrons. The Balaban J connectivity index is 2.93. The maximum Gasteiger partial charge on any atom is 0.127 e. The molecule has 2 nitrogen and oxygen atoms in total. The van der Waals surface area contributed by atoms with Gasteiger partial charge in [0, 0.05) is 5.92 Å². The lowest BCUT2D eigenvalue weighted by molar-refractivity contribution is -0.109. The number of hydrogen-bond donors (Lipinski definition) is 0. The standard InChI is InChI=1S/C12H13NO/c1-2-4-12(9-14)11-6-3-5-10(7-11)8-13/h3,5-7,9,12H,2,4H2,1H3. The smallest absolute Gasteiger partial charge is 0.127 e. The first kappa shape index (κ1) is 10.5. The number of aldehydes is 1. The van der Waals surface area contributed by atoms with Gasteiger partial charge in [-0.15, -0.1) is 0 Å². The molecule has 0 fully saturated rings. The Morgan fingerprint density at radius 1 is 1.57 bits per heavy atom. The lowest BCUT2D eigenvalue weighted by Gasteiger charge is -2.08. The highest BCUT2D eigenvalue weighted by Crippen LogP contribution is 2.19. The van der Waals surface area contributed by atoms with Crippen molar-refractivity contribution in [3.05, 3.63) is 35.4 Å². The van der Waals surface area contributed by atoms with Crippen molar-refractivity contribution in [2.45, 2.75) is 25.7 Å². The molecule has 0 heterocycles. The third-order valence-electron chi connectivity index (χ3n) is 2.21. The molecule has 0 amide bonds. The molecule has 1 rings (SSSR count). The molecule has 1 atom stereocenters. The molecule has 0 saturated carbocycles. The van der Waals surface area contributed by atoms with E-state index < -0.39 is 0 Å². The second kappa shape index (κ2) is 5.18. The monoisotopic (exact) mass is 187 g/mol. The number of benzene rings is 1. The average Bonchev–Trinajstić information content (AvgIpc) is 2.26. The molecule has 72 valence electrons. The fraction of sp³-hybridized carbons (Fsp3) is 0.333.